The van der Waals surface area contributed by atoms with Crippen molar-refractivity contribution in [2.24, 2.45) is 0 Å². The zero-order valence-corrected chi connectivity index (χ0v) is 12.1. The molecule has 2 aromatic rings. The second-order valence-electron chi connectivity index (χ2n) is 5.01. The highest BCUT2D eigenvalue weighted by Gasteiger charge is 2.05. The zero-order valence-electron chi connectivity index (χ0n) is 12.1. The first kappa shape index (κ1) is 14.3. The molecular formula is C18H20N2. The quantitative estimate of drug-likeness (QED) is 0.887. The molecule has 0 aliphatic heterocycles. The van der Waals surface area contributed by atoms with Crippen molar-refractivity contribution in [3.63, 3.8) is 0 Å². The van der Waals surface area contributed by atoms with E-state index in [0.29, 0.717) is 11.6 Å². The lowest BCUT2D eigenvalue weighted by molar-refractivity contribution is 0.574. The van der Waals surface area contributed by atoms with Crippen LogP contribution in [-0.4, -0.2) is 0 Å². The normalized spacial score (nSPS) is 11.8. The van der Waals surface area contributed by atoms with Crippen molar-refractivity contribution in [1.82, 2.24) is 5.32 Å². The molecule has 1 atom stereocenters. The van der Waals surface area contributed by atoms with E-state index in [2.05, 4.69) is 49.5 Å². The summed E-state index contributed by atoms with van der Waals surface area (Å²) < 4.78 is 0. The highest BCUT2D eigenvalue weighted by atomic mass is 14.9. The molecule has 2 heteroatoms. The van der Waals surface area contributed by atoms with Crippen LogP contribution in [0.4, 0.5) is 0 Å². The Bertz CT molecular complexity index is 594. The van der Waals surface area contributed by atoms with Crippen molar-refractivity contribution < 1.29 is 0 Å². The molecule has 102 valence electrons. The number of hydrogen-bond acceptors (Lipinski definition) is 2. The summed E-state index contributed by atoms with van der Waals surface area (Å²) in [6.45, 7) is 5.10. The van der Waals surface area contributed by atoms with Crippen LogP contribution >= 0.6 is 0 Å². The van der Waals surface area contributed by atoms with Gasteiger partial charge in [0.25, 0.3) is 0 Å². The summed E-state index contributed by atoms with van der Waals surface area (Å²) in [7, 11) is 0. The van der Waals surface area contributed by atoms with E-state index < -0.39 is 0 Å². The topological polar surface area (TPSA) is 35.8 Å². The van der Waals surface area contributed by atoms with Crippen LogP contribution in [0.5, 0.6) is 0 Å². The maximum Gasteiger partial charge on any atom is 0.0991 e. The molecule has 0 amide bonds. The van der Waals surface area contributed by atoms with E-state index in [9.17, 15) is 0 Å². The molecule has 1 unspecified atom stereocenters. The first-order chi connectivity index (χ1) is 9.72. The number of rotatable bonds is 5. The molecule has 0 saturated heterocycles. The van der Waals surface area contributed by atoms with Crippen LogP contribution in [0.1, 0.15) is 42.1 Å². The summed E-state index contributed by atoms with van der Waals surface area (Å²) in [4.78, 5) is 0. The molecule has 0 aromatic heterocycles. The molecule has 20 heavy (non-hydrogen) atoms. The van der Waals surface area contributed by atoms with Gasteiger partial charge in [0, 0.05) is 12.6 Å². The Labute approximate surface area is 121 Å². The van der Waals surface area contributed by atoms with Gasteiger partial charge in [-0.2, -0.15) is 5.26 Å². The highest BCUT2D eigenvalue weighted by molar-refractivity contribution is 5.33. The fraction of sp³-hybridized carbons (Fsp3) is 0.278. The highest BCUT2D eigenvalue weighted by Crippen LogP contribution is 2.15. The molecular weight excluding hydrogens is 244 g/mol. The second-order valence-corrected chi connectivity index (χ2v) is 5.01. The molecule has 0 aliphatic rings. The third-order valence-corrected chi connectivity index (χ3v) is 3.56. The van der Waals surface area contributed by atoms with E-state index in [1.165, 1.54) is 11.1 Å². The summed E-state index contributed by atoms with van der Waals surface area (Å²) in [6, 6.07) is 18.9. The first-order valence-corrected chi connectivity index (χ1v) is 7.04. The lowest BCUT2D eigenvalue weighted by Crippen LogP contribution is -2.18. The van der Waals surface area contributed by atoms with Crippen LogP contribution in [0.2, 0.25) is 0 Å². The Morgan fingerprint density at radius 1 is 1.10 bits per heavy atom. The van der Waals surface area contributed by atoms with Gasteiger partial charge in [-0.1, -0.05) is 43.3 Å². The minimum Gasteiger partial charge on any atom is -0.306 e. The predicted molar refractivity (Wildman–Crippen MR) is 82.2 cm³/mol. The van der Waals surface area contributed by atoms with Crippen LogP contribution in [-0.2, 0) is 13.0 Å². The summed E-state index contributed by atoms with van der Waals surface area (Å²) in [5, 5.41) is 12.4. The van der Waals surface area contributed by atoms with E-state index in [1.807, 2.05) is 24.3 Å². The van der Waals surface area contributed by atoms with Crippen molar-refractivity contribution in [3.05, 3.63) is 70.8 Å². The third-order valence-electron chi connectivity index (χ3n) is 3.56. The predicted octanol–water partition coefficient (Wildman–Crippen LogP) is 3.97. The van der Waals surface area contributed by atoms with Gasteiger partial charge in [0.15, 0.2) is 0 Å². The third kappa shape index (κ3) is 3.69. The average Bonchev–Trinajstić information content (AvgIpc) is 2.53. The van der Waals surface area contributed by atoms with Crippen molar-refractivity contribution in [2.45, 2.75) is 32.9 Å². The Morgan fingerprint density at radius 2 is 1.85 bits per heavy atom. The summed E-state index contributed by atoms with van der Waals surface area (Å²) in [5.74, 6) is 0. The largest absolute Gasteiger partial charge is 0.306 e. The SMILES string of the molecule is CCc1ccc(C(C)NCc2cccc(C#N)c2)cc1. The number of nitrogens with zero attached hydrogens (tertiary/aromatic N) is 1. The molecule has 1 N–H and O–H groups in total. The first-order valence-electron chi connectivity index (χ1n) is 7.04. The molecule has 0 fully saturated rings. The molecule has 2 rings (SSSR count). The molecule has 2 nitrogen and oxygen atoms in total. The van der Waals surface area contributed by atoms with Crippen LogP contribution < -0.4 is 5.32 Å². The van der Waals surface area contributed by atoms with E-state index in [4.69, 9.17) is 5.26 Å². The summed E-state index contributed by atoms with van der Waals surface area (Å²) >= 11 is 0. The average molecular weight is 264 g/mol. The number of nitrogens with one attached hydrogen (secondary N) is 1. The lowest BCUT2D eigenvalue weighted by atomic mass is 10.0. The second kappa shape index (κ2) is 6.88. The van der Waals surface area contributed by atoms with Crippen molar-refractivity contribution in [2.75, 3.05) is 0 Å². The van der Waals surface area contributed by atoms with Crippen LogP contribution in [0.15, 0.2) is 48.5 Å². The number of benzene rings is 2. The summed E-state index contributed by atoms with van der Waals surface area (Å²) in [5.41, 5.74) is 4.51. The Hall–Kier alpha value is -2.11. The van der Waals surface area contributed by atoms with E-state index in [-0.39, 0.29) is 0 Å². The van der Waals surface area contributed by atoms with Gasteiger partial charge in [-0.25, -0.2) is 0 Å². The van der Waals surface area contributed by atoms with Gasteiger partial charge in [-0.15, -0.1) is 0 Å². The lowest BCUT2D eigenvalue weighted by Gasteiger charge is -2.15. The standard InChI is InChI=1S/C18H20N2/c1-3-15-7-9-18(10-8-15)14(2)20-13-17-6-4-5-16(11-17)12-19/h4-11,14,20H,3,13H2,1-2H3. The van der Waals surface area contributed by atoms with Crippen LogP contribution in [0.25, 0.3) is 0 Å². The Balaban J connectivity index is 1.97. The minimum absolute atomic E-state index is 0.298. The zero-order chi connectivity index (χ0) is 14.4. The molecule has 0 aliphatic carbocycles. The number of aryl methyl sites for hydroxylation is 1. The van der Waals surface area contributed by atoms with Gasteiger partial charge in [0.1, 0.15) is 0 Å². The van der Waals surface area contributed by atoms with Gasteiger partial charge in [0.2, 0.25) is 0 Å². The molecule has 0 spiro atoms. The van der Waals surface area contributed by atoms with Crippen LogP contribution in [0, 0.1) is 11.3 Å². The Morgan fingerprint density at radius 3 is 2.50 bits per heavy atom. The van der Waals surface area contributed by atoms with Gasteiger partial charge in [-0.3, -0.25) is 0 Å². The van der Waals surface area contributed by atoms with Gasteiger partial charge >= 0.3 is 0 Å². The number of hydrogen-bond donors (Lipinski definition) is 1. The summed E-state index contributed by atoms with van der Waals surface area (Å²) in [6.07, 6.45) is 1.07. The smallest absolute Gasteiger partial charge is 0.0991 e. The monoisotopic (exact) mass is 264 g/mol. The molecule has 0 bridgehead atoms. The minimum atomic E-state index is 0.298. The van der Waals surface area contributed by atoms with Gasteiger partial charge in [0.05, 0.1) is 11.6 Å². The number of nitriles is 1. The van der Waals surface area contributed by atoms with Crippen molar-refractivity contribution in [1.29, 1.82) is 5.26 Å². The fourth-order valence-electron chi connectivity index (χ4n) is 2.18. The Kier molecular flexibility index (Phi) is 4.92. The maximum atomic E-state index is 8.90. The molecule has 0 heterocycles. The van der Waals surface area contributed by atoms with E-state index in [1.54, 1.807) is 0 Å². The van der Waals surface area contributed by atoms with Gasteiger partial charge in [-0.05, 0) is 42.2 Å². The van der Waals surface area contributed by atoms with E-state index in [0.717, 1.165) is 18.5 Å². The van der Waals surface area contributed by atoms with Gasteiger partial charge < -0.3 is 5.32 Å². The van der Waals surface area contributed by atoms with E-state index >= 15 is 0 Å². The molecule has 2 aromatic carbocycles. The van der Waals surface area contributed by atoms with Crippen molar-refractivity contribution in [3.8, 4) is 6.07 Å². The molecule has 0 saturated carbocycles. The maximum absolute atomic E-state index is 8.90. The fourth-order valence-corrected chi connectivity index (χ4v) is 2.18. The molecule has 0 radical (unpaired) electrons. The van der Waals surface area contributed by atoms with Crippen LogP contribution in [0.3, 0.4) is 0 Å². The van der Waals surface area contributed by atoms with Crippen molar-refractivity contribution >= 4 is 0 Å².